The van der Waals surface area contributed by atoms with E-state index in [1.165, 1.54) is 5.56 Å². The molecule has 2 aliphatic rings. The predicted molar refractivity (Wildman–Crippen MR) is 131 cm³/mol. The Morgan fingerprint density at radius 3 is 2.41 bits per heavy atom. The second kappa shape index (κ2) is 8.84. The zero-order valence-corrected chi connectivity index (χ0v) is 19.4. The van der Waals surface area contributed by atoms with Crippen molar-refractivity contribution in [2.75, 3.05) is 9.80 Å². The fourth-order valence-corrected chi connectivity index (χ4v) is 5.06. The van der Waals surface area contributed by atoms with Crippen LogP contribution in [-0.2, 0) is 16.0 Å². The summed E-state index contributed by atoms with van der Waals surface area (Å²) in [5, 5.41) is 0.492. The molecule has 1 heterocycles. The number of rotatable bonds is 7. The van der Waals surface area contributed by atoms with E-state index in [4.69, 9.17) is 18.8 Å². The van der Waals surface area contributed by atoms with Gasteiger partial charge in [0.25, 0.3) is 5.91 Å². The fraction of sp³-hybridized carbons (Fsp3) is 0.385. The summed E-state index contributed by atoms with van der Waals surface area (Å²) in [6.45, 7) is 11.1. The molecule has 0 radical (unpaired) electrons. The summed E-state index contributed by atoms with van der Waals surface area (Å²) in [5.74, 6) is 0.320. The molecule has 5 nitrogen and oxygen atoms in total. The molecule has 2 aromatic carbocycles. The number of hydrogen-bond donors (Lipinski definition) is 0. The molecule has 1 aliphatic heterocycles. The van der Waals surface area contributed by atoms with Gasteiger partial charge < -0.3 is 4.90 Å². The number of amides is 1. The number of anilines is 2. The highest BCUT2D eigenvalue weighted by atomic mass is 32.1. The molecule has 2 aromatic rings. The summed E-state index contributed by atoms with van der Waals surface area (Å²) in [6.07, 6.45) is 5.48. The van der Waals surface area contributed by atoms with E-state index in [1.807, 2.05) is 36.9 Å². The molecule has 0 aromatic heterocycles. The standard InChI is InChI=1S/C26H27N3O2S/c1-4-22(30)8-5-7-19-9-11-20(12-10-19)29-25(32)28(24(31)26(29)15-6-16-26)21-13-14-23(27-3)18(2)17-21/h9-14,17H,4-8,15-16H2,1-2H3. The first-order valence-electron chi connectivity index (χ1n) is 11.2. The van der Waals surface area contributed by atoms with E-state index in [9.17, 15) is 9.59 Å². The van der Waals surface area contributed by atoms with Crippen molar-refractivity contribution < 1.29 is 9.59 Å². The van der Waals surface area contributed by atoms with Crippen LogP contribution in [0.1, 0.15) is 56.6 Å². The lowest BCUT2D eigenvalue weighted by Gasteiger charge is -2.43. The average molecular weight is 446 g/mol. The molecular formula is C26H27N3O2S. The second-order valence-corrected chi connectivity index (χ2v) is 9.00. The number of thiocarbonyl (C=S) groups is 1. The first kappa shape index (κ1) is 22.2. The van der Waals surface area contributed by atoms with Crippen molar-refractivity contribution >= 4 is 46.1 Å². The monoisotopic (exact) mass is 445 g/mol. The summed E-state index contributed by atoms with van der Waals surface area (Å²) in [6, 6.07) is 13.6. The number of ketones is 1. The van der Waals surface area contributed by atoms with Gasteiger partial charge in [-0.2, -0.15) is 0 Å². The van der Waals surface area contributed by atoms with Crippen LogP contribution in [0.15, 0.2) is 42.5 Å². The van der Waals surface area contributed by atoms with Gasteiger partial charge in [-0.1, -0.05) is 25.1 Å². The predicted octanol–water partition coefficient (Wildman–Crippen LogP) is 5.91. The molecule has 0 N–H and O–H groups in total. The number of nitrogens with zero attached hydrogens (tertiary/aromatic N) is 3. The number of carbonyl (C=O) groups is 2. The molecule has 2 fully saturated rings. The van der Waals surface area contributed by atoms with Crippen molar-refractivity contribution in [3.05, 3.63) is 65.0 Å². The number of hydrogen-bond acceptors (Lipinski definition) is 3. The molecule has 1 spiro atoms. The van der Waals surface area contributed by atoms with E-state index < -0.39 is 5.54 Å². The molecule has 0 atom stereocenters. The van der Waals surface area contributed by atoms with Gasteiger partial charge in [0, 0.05) is 24.2 Å². The van der Waals surface area contributed by atoms with Crippen LogP contribution in [0.25, 0.3) is 4.85 Å². The Balaban J connectivity index is 1.59. The maximum atomic E-state index is 13.6. The molecule has 1 saturated carbocycles. The van der Waals surface area contributed by atoms with Crippen molar-refractivity contribution in [1.82, 2.24) is 0 Å². The Labute approximate surface area is 194 Å². The zero-order valence-electron chi connectivity index (χ0n) is 18.6. The van der Waals surface area contributed by atoms with Gasteiger partial charge in [0.05, 0.1) is 6.57 Å². The molecule has 4 rings (SSSR count). The Morgan fingerprint density at radius 1 is 1.16 bits per heavy atom. The summed E-state index contributed by atoms with van der Waals surface area (Å²) in [5.41, 5.74) is 3.62. The Bertz CT molecular complexity index is 1110. The van der Waals surface area contributed by atoms with E-state index in [0.717, 1.165) is 49.0 Å². The third-order valence-electron chi connectivity index (χ3n) is 6.66. The topological polar surface area (TPSA) is 45.0 Å². The average Bonchev–Trinajstić information content (AvgIpc) is 3.00. The van der Waals surface area contributed by atoms with Crippen molar-refractivity contribution in [3.8, 4) is 0 Å². The highest BCUT2D eigenvalue weighted by Crippen LogP contribution is 2.48. The smallest absolute Gasteiger partial charge is 0.259 e. The van der Waals surface area contributed by atoms with Crippen LogP contribution >= 0.6 is 12.2 Å². The Morgan fingerprint density at radius 2 is 1.84 bits per heavy atom. The van der Waals surface area contributed by atoms with Crippen LogP contribution in [0.5, 0.6) is 0 Å². The normalized spacial score (nSPS) is 16.9. The molecule has 164 valence electrons. The minimum atomic E-state index is -0.613. The first-order valence-corrected chi connectivity index (χ1v) is 11.6. The Hall–Kier alpha value is -3.04. The maximum Gasteiger partial charge on any atom is 0.259 e. The largest absolute Gasteiger partial charge is 0.303 e. The number of Topliss-reactive ketones (excluding diaryl/α,β-unsaturated/α-hetero) is 1. The molecule has 0 unspecified atom stereocenters. The summed E-state index contributed by atoms with van der Waals surface area (Å²) >= 11 is 5.83. The van der Waals surface area contributed by atoms with Gasteiger partial charge in [0.1, 0.15) is 11.3 Å². The van der Waals surface area contributed by atoms with Gasteiger partial charge in [0.2, 0.25) is 0 Å². The quantitative estimate of drug-likeness (QED) is 0.393. The maximum absolute atomic E-state index is 13.6. The lowest BCUT2D eigenvalue weighted by molar-refractivity contribution is -0.124. The van der Waals surface area contributed by atoms with E-state index in [2.05, 4.69) is 17.0 Å². The third-order valence-corrected chi connectivity index (χ3v) is 7.03. The number of benzene rings is 2. The van der Waals surface area contributed by atoms with E-state index in [-0.39, 0.29) is 5.91 Å². The van der Waals surface area contributed by atoms with Crippen molar-refractivity contribution in [2.24, 2.45) is 0 Å². The number of carbonyl (C=O) groups excluding carboxylic acids is 2. The van der Waals surface area contributed by atoms with Crippen LogP contribution in [0.2, 0.25) is 0 Å². The third kappa shape index (κ3) is 3.71. The van der Waals surface area contributed by atoms with E-state index >= 15 is 0 Å². The molecule has 0 bridgehead atoms. The molecule has 1 aliphatic carbocycles. The van der Waals surface area contributed by atoms with Crippen LogP contribution < -0.4 is 9.80 Å². The Kier molecular flexibility index (Phi) is 6.12. The van der Waals surface area contributed by atoms with Crippen molar-refractivity contribution in [2.45, 2.75) is 64.3 Å². The molecule has 6 heteroatoms. The second-order valence-electron chi connectivity index (χ2n) is 8.64. The lowest BCUT2D eigenvalue weighted by Crippen LogP contribution is -2.55. The van der Waals surface area contributed by atoms with Crippen LogP contribution in [0, 0.1) is 13.5 Å². The van der Waals surface area contributed by atoms with Crippen molar-refractivity contribution in [1.29, 1.82) is 0 Å². The zero-order chi connectivity index (χ0) is 22.9. The van der Waals surface area contributed by atoms with E-state index in [0.29, 0.717) is 29.4 Å². The molecule has 1 amide bonds. The highest BCUT2D eigenvalue weighted by Gasteiger charge is 2.59. The van der Waals surface area contributed by atoms with Gasteiger partial charge in [-0.15, -0.1) is 0 Å². The van der Waals surface area contributed by atoms with Crippen LogP contribution in [0.3, 0.4) is 0 Å². The van der Waals surface area contributed by atoms with Gasteiger partial charge in [-0.3, -0.25) is 14.5 Å². The minimum Gasteiger partial charge on any atom is -0.303 e. The van der Waals surface area contributed by atoms with Crippen LogP contribution in [0.4, 0.5) is 17.1 Å². The van der Waals surface area contributed by atoms with Gasteiger partial charge >= 0.3 is 0 Å². The summed E-state index contributed by atoms with van der Waals surface area (Å²) in [4.78, 5) is 32.3. The van der Waals surface area contributed by atoms with Gasteiger partial charge in [-0.05, 0) is 86.6 Å². The van der Waals surface area contributed by atoms with Crippen LogP contribution in [-0.4, -0.2) is 22.3 Å². The van der Waals surface area contributed by atoms with E-state index in [1.54, 1.807) is 17.0 Å². The molecule has 32 heavy (non-hydrogen) atoms. The fourth-order valence-electron chi connectivity index (χ4n) is 4.59. The first-order chi connectivity index (χ1) is 15.4. The summed E-state index contributed by atoms with van der Waals surface area (Å²) in [7, 11) is 0. The number of aryl methyl sites for hydroxylation is 2. The van der Waals surface area contributed by atoms with Gasteiger partial charge in [-0.25, -0.2) is 4.85 Å². The van der Waals surface area contributed by atoms with Crippen molar-refractivity contribution in [3.63, 3.8) is 0 Å². The minimum absolute atomic E-state index is 0.0193. The summed E-state index contributed by atoms with van der Waals surface area (Å²) < 4.78 is 0. The molecular weight excluding hydrogens is 418 g/mol. The lowest BCUT2D eigenvalue weighted by atomic mass is 9.75. The highest BCUT2D eigenvalue weighted by molar-refractivity contribution is 7.81. The SMILES string of the molecule is [C-]#[N+]c1ccc(N2C(=O)C3(CCC3)N(c3ccc(CCCC(=O)CC)cc3)C2=S)cc1C. The van der Waals surface area contributed by atoms with Gasteiger partial charge in [0.15, 0.2) is 10.8 Å². The molecule has 1 saturated heterocycles.